The molecule has 0 unspecified atom stereocenters. The summed E-state index contributed by atoms with van der Waals surface area (Å²) in [7, 11) is 1.56. The van der Waals surface area contributed by atoms with Crippen LogP contribution in [0.1, 0.15) is 11.3 Å². The van der Waals surface area contributed by atoms with Gasteiger partial charge in [-0.3, -0.25) is 4.79 Å². The zero-order valence-corrected chi connectivity index (χ0v) is 13.9. The molecule has 0 bridgehead atoms. The highest BCUT2D eigenvalue weighted by molar-refractivity contribution is 9.11. The highest BCUT2D eigenvalue weighted by Gasteiger charge is 2.15. The molecule has 0 amide bonds. The Bertz CT molecular complexity index is 776. The van der Waals surface area contributed by atoms with Crippen LogP contribution in [0, 0.1) is 18.3 Å². The molecule has 0 aliphatic heterocycles. The molecule has 1 heterocycles. The lowest BCUT2D eigenvalue weighted by atomic mass is 10.0. The molecule has 102 valence electrons. The summed E-state index contributed by atoms with van der Waals surface area (Å²) in [5.74, 6) is 0.630. The highest BCUT2D eigenvalue weighted by atomic mass is 79.9. The summed E-state index contributed by atoms with van der Waals surface area (Å²) < 4.78 is 6.82. The van der Waals surface area contributed by atoms with Crippen molar-refractivity contribution in [2.75, 3.05) is 7.11 Å². The summed E-state index contributed by atoms with van der Waals surface area (Å²) in [4.78, 5) is 14.5. The molecule has 0 radical (unpaired) electrons. The molecule has 1 N–H and O–H groups in total. The van der Waals surface area contributed by atoms with E-state index in [-0.39, 0.29) is 5.56 Å². The summed E-state index contributed by atoms with van der Waals surface area (Å²) in [6, 6.07) is 7.33. The number of pyridine rings is 1. The SMILES string of the molecule is COc1cc(-c2cc(C)[nH]c(=O)c2C#N)c(Br)cc1Br. The maximum Gasteiger partial charge on any atom is 0.266 e. The van der Waals surface area contributed by atoms with Crippen LogP contribution >= 0.6 is 31.9 Å². The fourth-order valence-corrected chi connectivity index (χ4v) is 3.27. The maximum atomic E-state index is 11.9. The van der Waals surface area contributed by atoms with Gasteiger partial charge in [-0.2, -0.15) is 5.26 Å². The Morgan fingerprint density at radius 1 is 1.20 bits per heavy atom. The van der Waals surface area contributed by atoms with Crippen molar-refractivity contribution in [2.45, 2.75) is 6.92 Å². The van der Waals surface area contributed by atoms with Crippen molar-refractivity contribution in [1.29, 1.82) is 5.26 Å². The number of methoxy groups -OCH3 is 1. The van der Waals surface area contributed by atoms with E-state index in [1.807, 2.05) is 12.1 Å². The first-order valence-corrected chi connectivity index (χ1v) is 7.24. The van der Waals surface area contributed by atoms with Crippen molar-refractivity contribution in [2.24, 2.45) is 0 Å². The standard InChI is InChI=1S/C14H10Br2N2O2/c1-7-3-8(10(6-17)14(19)18-7)9-4-13(20-2)12(16)5-11(9)15/h3-5H,1-2H3,(H,18,19). The van der Waals surface area contributed by atoms with Crippen molar-refractivity contribution < 1.29 is 4.74 Å². The second-order valence-electron chi connectivity index (χ2n) is 4.15. The third-order valence-electron chi connectivity index (χ3n) is 2.81. The van der Waals surface area contributed by atoms with E-state index in [1.54, 1.807) is 26.2 Å². The number of ether oxygens (including phenoxy) is 1. The Hall–Kier alpha value is -1.58. The molecule has 0 aliphatic carbocycles. The Kier molecular flexibility index (Phi) is 4.31. The molecular weight excluding hydrogens is 388 g/mol. The van der Waals surface area contributed by atoms with Crippen molar-refractivity contribution in [3.05, 3.63) is 48.8 Å². The van der Waals surface area contributed by atoms with E-state index >= 15 is 0 Å². The molecule has 0 saturated heterocycles. The van der Waals surface area contributed by atoms with Crippen LogP contribution in [0.15, 0.2) is 31.9 Å². The smallest absolute Gasteiger partial charge is 0.266 e. The van der Waals surface area contributed by atoms with E-state index in [9.17, 15) is 10.1 Å². The third-order valence-corrected chi connectivity index (χ3v) is 4.09. The fraction of sp³-hybridized carbons (Fsp3) is 0.143. The molecule has 0 aliphatic rings. The number of aromatic amines is 1. The van der Waals surface area contributed by atoms with Gasteiger partial charge >= 0.3 is 0 Å². The first-order valence-electron chi connectivity index (χ1n) is 5.65. The number of nitriles is 1. The second kappa shape index (κ2) is 5.81. The molecule has 1 aromatic heterocycles. The van der Waals surface area contributed by atoms with Crippen molar-refractivity contribution in [3.63, 3.8) is 0 Å². The van der Waals surface area contributed by atoms with E-state index in [0.29, 0.717) is 17.0 Å². The summed E-state index contributed by atoms with van der Waals surface area (Å²) in [6.45, 7) is 1.77. The van der Waals surface area contributed by atoms with Gasteiger partial charge in [0.05, 0.1) is 11.6 Å². The monoisotopic (exact) mass is 396 g/mol. The summed E-state index contributed by atoms with van der Waals surface area (Å²) >= 11 is 6.84. The molecule has 0 saturated carbocycles. The van der Waals surface area contributed by atoms with Gasteiger partial charge in [-0.1, -0.05) is 15.9 Å². The topological polar surface area (TPSA) is 65.9 Å². The first kappa shape index (κ1) is 14.8. The average Bonchev–Trinajstić information content (AvgIpc) is 2.38. The summed E-state index contributed by atoms with van der Waals surface area (Å²) in [5, 5.41) is 9.20. The Labute approximate surface area is 132 Å². The molecule has 20 heavy (non-hydrogen) atoms. The number of nitrogens with one attached hydrogen (secondary N) is 1. The van der Waals surface area contributed by atoms with E-state index < -0.39 is 5.56 Å². The Morgan fingerprint density at radius 2 is 1.90 bits per heavy atom. The molecule has 4 nitrogen and oxygen atoms in total. The van der Waals surface area contributed by atoms with Crippen LogP contribution in [-0.2, 0) is 0 Å². The lowest BCUT2D eigenvalue weighted by molar-refractivity contribution is 0.412. The van der Waals surface area contributed by atoms with Gasteiger partial charge in [0, 0.05) is 21.3 Å². The minimum absolute atomic E-state index is 0.0840. The molecule has 2 aromatic rings. The largest absolute Gasteiger partial charge is 0.496 e. The van der Waals surface area contributed by atoms with Gasteiger partial charge in [0.2, 0.25) is 0 Å². The molecule has 0 fully saturated rings. The maximum absolute atomic E-state index is 11.9. The van der Waals surface area contributed by atoms with Crippen LogP contribution in [0.4, 0.5) is 0 Å². The van der Waals surface area contributed by atoms with Gasteiger partial charge in [-0.25, -0.2) is 0 Å². The van der Waals surface area contributed by atoms with E-state index in [2.05, 4.69) is 36.8 Å². The van der Waals surface area contributed by atoms with Crippen LogP contribution in [0.25, 0.3) is 11.1 Å². The summed E-state index contributed by atoms with van der Waals surface area (Å²) in [6.07, 6.45) is 0. The fourth-order valence-electron chi connectivity index (χ4n) is 1.90. The van der Waals surface area contributed by atoms with Gasteiger partial charge in [0.15, 0.2) is 0 Å². The number of aromatic nitrogens is 1. The van der Waals surface area contributed by atoms with E-state index in [4.69, 9.17) is 4.74 Å². The van der Waals surface area contributed by atoms with E-state index in [1.165, 1.54) is 0 Å². The predicted molar refractivity (Wildman–Crippen MR) is 83.9 cm³/mol. The van der Waals surface area contributed by atoms with Crippen molar-refractivity contribution in [3.8, 4) is 22.9 Å². The minimum atomic E-state index is -0.392. The number of rotatable bonds is 2. The Morgan fingerprint density at radius 3 is 2.50 bits per heavy atom. The lowest BCUT2D eigenvalue weighted by Gasteiger charge is -2.11. The van der Waals surface area contributed by atoms with Gasteiger partial charge in [0.1, 0.15) is 17.4 Å². The normalized spacial score (nSPS) is 10.2. The quantitative estimate of drug-likeness (QED) is 0.838. The van der Waals surface area contributed by atoms with Gasteiger partial charge in [-0.05, 0) is 41.1 Å². The van der Waals surface area contributed by atoms with Gasteiger partial charge in [0.25, 0.3) is 5.56 Å². The number of hydrogen-bond acceptors (Lipinski definition) is 3. The summed E-state index contributed by atoms with van der Waals surface area (Å²) in [5.41, 5.74) is 1.69. The van der Waals surface area contributed by atoms with Crippen molar-refractivity contribution in [1.82, 2.24) is 4.98 Å². The van der Waals surface area contributed by atoms with Crippen LogP contribution in [0.5, 0.6) is 5.75 Å². The highest BCUT2D eigenvalue weighted by Crippen LogP contribution is 2.37. The molecule has 0 spiro atoms. The second-order valence-corrected chi connectivity index (χ2v) is 5.86. The zero-order valence-electron chi connectivity index (χ0n) is 10.8. The Balaban J connectivity index is 2.82. The minimum Gasteiger partial charge on any atom is -0.496 e. The average molecular weight is 398 g/mol. The molecule has 1 aromatic carbocycles. The third kappa shape index (κ3) is 2.65. The molecular formula is C14H10Br2N2O2. The van der Waals surface area contributed by atoms with Crippen LogP contribution in [0.2, 0.25) is 0 Å². The van der Waals surface area contributed by atoms with Crippen LogP contribution in [-0.4, -0.2) is 12.1 Å². The number of benzene rings is 1. The van der Waals surface area contributed by atoms with Gasteiger partial charge in [-0.15, -0.1) is 0 Å². The first-order chi connectivity index (χ1) is 9.47. The molecule has 0 atom stereocenters. The number of nitrogens with zero attached hydrogens (tertiary/aromatic N) is 1. The molecule has 6 heteroatoms. The number of hydrogen-bond donors (Lipinski definition) is 1. The predicted octanol–water partition coefficient (Wildman–Crippen LogP) is 3.76. The number of H-pyrrole nitrogens is 1. The number of aryl methyl sites for hydroxylation is 1. The van der Waals surface area contributed by atoms with Crippen LogP contribution < -0.4 is 10.3 Å². The molecule has 2 rings (SSSR count). The van der Waals surface area contributed by atoms with Crippen LogP contribution in [0.3, 0.4) is 0 Å². The lowest BCUT2D eigenvalue weighted by Crippen LogP contribution is -2.12. The van der Waals surface area contributed by atoms with E-state index in [0.717, 1.165) is 14.5 Å². The zero-order chi connectivity index (χ0) is 14.9. The number of halogens is 2. The van der Waals surface area contributed by atoms with Gasteiger partial charge < -0.3 is 9.72 Å². The van der Waals surface area contributed by atoms with Crippen molar-refractivity contribution >= 4 is 31.9 Å².